The quantitative estimate of drug-likeness (QED) is 0.135. The summed E-state index contributed by atoms with van der Waals surface area (Å²) in [7, 11) is -1.74. The third-order valence-corrected chi connectivity index (χ3v) is 16.5. The summed E-state index contributed by atoms with van der Waals surface area (Å²) in [6.45, 7) is 9.43. The van der Waals surface area contributed by atoms with Crippen LogP contribution in [-0.2, 0) is 5.41 Å². The van der Waals surface area contributed by atoms with Gasteiger partial charge in [-0.3, -0.25) is 0 Å². The van der Waals surface area contributed by atoms with E-state index in [0.29, 0.717) is 0 Å². The highest BCUT2D eigenvalue weighted by Gasteiger charge is 2.50. The van der Waals surface area contributed by atoms with Crippen molar-refractivity contribution in [3.05, 3.63) is 258 Å². The molecule has 336 valence electrons. The van der Waals surface area contributed by atoms with E-state index in [9.17, 15) is 0 Å². The zero-order valence-corrected chi connectivity index (χ0v) is 40.7. The summed E-state index contributed by atoms with van der Waals surface area (Å²) in [6.07, 6.45) is 0. The van der Waals surface area contributed by atoms with E-state index in [1.54, 1.807) is 0 Å². The number of anilines is 6. The molecule has 70 heavy (non-hydrogen) atoms. The maximum atomic E-state index is 7.44. The molecule has 4 nitrogen and oxygen atoms in total. The highest BCUT2D eigenvalue weighted by molar-refractivity contribution is 6.88. The van der Waals surface area contributed by atoms with E-state index in [2.05, 4.69) is 267 Å². The van der Waals surface area contributed by atoms with Crippen molar-refractivity contribution >= 4 is 91.3 Å². The van der Waals surface area contributed by atoms with Crippen molar-refractivity contribution in [1.82, 2.24) is 0 Å². The first-order valence-electron chi connectivity index (χ1n) is 24.3. The minimum atomic E-state index is -1.74. The number of furan rings is 2. The molecule has 12 aromatic rings. The van der Waals surface area contributed by atoms with Crippen LogP contribution in [0.5, 0.6) is 0 Å². The van der Waals surface area contributed by atoms with Crippen molar-refractivity contribution < 1.29 is 8.83 Å². The van der Waals surface area contributed by atoms with E-state index in [-0.39, 0.29) is 0 Å². The molecule has 0 saturated carbocycles. The molecule has 0 radical (unpaired) electrons. The van der Waals surface area contributed by atoms with Crippen LogP contribution in [0.4, 0.5) is 34.1 Å². The van der Waals surface area contributed by atoms with E-state index >= 15 is 0 Å². The van der Waals surface area contributed by atoms with E-state index in [0.717, 1.165) is 111 Å². The molecule has 0 spiro atoms. The van der Waals surface area contributed by atoms with Crippen molar-refractivity contribution in [2.45, 2.75) is 32.0 Å². The maximum absolute atomic E-state index is 7.44. The molecule has 1 aliphatic carbocycles. The summed E-state index contributed by atoms with van der Waals surface area (Å²) in [4.78, 5) is 4.85. The Balaban J connectivity index is 1.26. The van der Waals surface area contributed by atoms with Crippen LogP contribution in [0.2, 0.25) is 19.6 Å². The minimum Gasteiger partial charge on any atom is -0.455 e. The van der Waals surface area contributed by atoms with Gasteiger partial charge in [-0.2, -0.15) is 0 Å². The molecule has 0 bridgehead atoms. The lowest BCUT2D eigenvalue weighted by atomic mass is 9.67. The Morgan fingerprint density at radius 1 is 0.386 bits per heavy atom. The lowest BCUT2D eigenvalue weighted by Crippen LogP contribution is -2.37. The Kier molecular flexibility index (Phi) is 9.62. The van der Waals surface area contributed by atoms with E-state index in [1.807, 2.05) is 0 Å². The highest BCUT2D eigenvalue weighted by atomic mass is 28.3. The number of aryl methyl sites for hydroxylation is 1. The van der Waals surface area contributed by atoms with Crippen LogP contribution in [-0.4, -0.2) is 8.07 Å². The monoisotopic (exact) mass is 918 g/mol. The average Bonchev–Trinajstić information content (AvgIpc) is 4.07. The van der Waals surface area contributed by atoms with Crippen molar-refractivity contribution in [3.8, 4) is 11.1 Å². The lowest BCUT2D eigenvalue weighted by molar-refractivity contribution is 0.668. The van der Waals surface area contributed by atoms with Gasteiger partial charge in [-0.15, -0.1) is 0 Å². The number of nitrogens with zero attached hydrogens (tertiary/aromatic N) is 2. The van der Waals surface area contributed by atoms with Crippen LogP contribution in [0, 0.1) is 6.92 Å². The molecule has 1 aliphatic rings. The number of benzene rings is 10. The molecule has 0 N–H and O–H groups in total. The molecular weight excluding hydrogens is 869 g/mol. The van der Waals surface area contributed by atoms with Crippen LogP contribution >= 0.6 is 0 Å². The Morgan fingerprint density at radius 2 is 0.843 bits per heavy atom. The molecule has 13 rings (SSSR count). The first-order chi connectivity index (χ1) is 34.3. The second-order valence-electron chi connectivity index (χ2n) is 19.7. The molecule has 2 heterocycles. The maximum Gasteiger partial charge on any atom is 0.160 e. The lowest BCUT2D eigenvalue weighted by Gasteiger charge is -2.36. The number of fused-ring (bicyclic) bond motifs is 11. The van der Waals surface area contributed by atoms with Crippen LogP contribution in [0.3, 0.4) is 0 Å². The molecule has 0 aliphatic heterocycles. The predicted molar refractivity (Wildman–Crippen MR) is 295 cm³/mol. The van der Waals surface area contributed by atoms with Gasteiger partial charge in [-0.1, -0.05) is 183 Å². The third kappa shape index (κ3) is 6.35. The van der Waals surface area contributed by atoms with E-state index in [4.69, 9.17) is 8.83 Å². The summed E-state index contributed by atoms with van der Waals surface area (Å²) in [6, 6.07) is 83.9. The second kappa shape index (κ2) is 16.1. The fraction of sp³-hybridized carbons (Fsp3) is 0.0769. The molecule has 2 aromatic heterocycles. The summed E-state index contributed by atoms with van der Waals surface area (Å²) < 4.78 is 14.8. The average molecular weight is 919 g/mol. The van der Waals surface area contributed by atoms with Gasteiger partial charge in [0.1, 0.15) is 16.7 Å². The second-order valence-corrected chi connectivity index (χ2v) is 24.8. The molecule has 0 unspecified atom stereocenters. The Bertz CT molecular complexity index is 3910. The summed E-state index contributed by atoms with van der Waals surface area (Å²) in [5.74, 6) is 0. The SMILES string of the molecule is Cc1cccc(N(c2ccccc2)c2cc3c(c4oc5ccccc5c24)-c2c(cc(N(c4ccccc4)c4cccc([Si](C)(C)C)c4)c4oc5ccccc5c24)C3(c2ccccc2)c2ccccc2)c1. The van der Waals surface area contributed by atoms with Gasteiger partial charge in [0.2, 0.25) is 0 Å². The molecule has 0 amide bonds. The number of para-hydroxylation sites is 4. The predicted octanol–water partition coefficient (Wildman–Crippen LogP) is 17.6. The summed E-state index contributed by atoms with van der Waals surface area (Å²) >= 11 is 0. The van der Waals surface area contributed by atoms with Gasteiger partial charge in [0.15, 0.2) is 5.58 Å². The molecule has 5 heteroatoms. The fourth-order valence-electron chi connectivity index (χ4n) is 11.4. The topological polar surface area (TPSA) is 32.8 Å². The molecule has 0 fully saturated rings. The van der Waals surface area contributed by atoms with Crippen molar-refractivity contribution in [2.24, 2.45) is 0 Å². The van der Waals surface area contributed by atoms with E-state index < -0.39 is 13.5 Å². The third-order valence-electron chi connectivity index (χ3n) is 14.5. The largest absolute Gasteiger partial charge is 0.455 e. The van der Waals surface area contributed by atoms with Gasteiger partial charge in [-0.05, 0) is 108 Å². The smallest absolute Gasteiger partial charge is 0.160 e. The number of hydrogen-bond donors (Lipinski definition) is 0. The normalized spacial score (nSPS) is 13.0. The first kappa shape index (κ1) is 41.8. The van der Waals surface area contributed by atoms with E-state index in [1.165, 1.54) is 10.8 Å². The van der Waals surface area contributed by atoms with Gasteiger partial charge < -0.3 is 18.6 Å². The Hall–Kier alpha value is -8.38. The number of rotatable bonds is 9. The zero-order chi connectivity index (χ0) is 47.1. The first-order valence-corrected chi connectivity index (χ1v) is 27.8. The summed E-state index contributed by atoms with van der Waals surface area (Å²) in [5.41, 5.74) is 16.8. The van der Waals surface area contributed by atoms with Crippen LogP contribution in [0.1, 0.15) is 27.8 Å². The molecule has 10 aromatic carbocycles. The van der Waals surface area contributed by atoms with Gasteiger partial charge in [0.25, 0.3) is 0 Å². The summed E-state index contributed by atoms with van der Waals surface area (Å²) in [5, 5.41) is 5.63. The van der Waals surface area contributed by atoms with Crippen molar-refractivity contribution in [3.63, 3.8) is 0 Å². The van der Waals surface area contributed by atoms with Crippen LogP contribution < -0.4 is 15.0 Å². The molecule has 0 atom stereocenters. The van der Waals surface area contributed by atoms with Gasteiger partial charge >= 0.3 is 0 Å². The van der Waals surface area contributed by atoms with Crippen LogP contribution in [0.15, 0.2) is 239 Å². The van der Waals surface area contributed by atoms with Gasteiger partial charge in [0, 0.05) is 50.0 Å². The number of hydrogen-bond acceptors (Lipinski definition) is 4. The van der Waals surface area contributed by atoms with Crippen molar-refractivity contribution in [1.29, 1.82) is 0 Å². The van der Waals surface area contributed by atoms with Gasteiger partial charge in [0.05, 0.1) is 30.2 Å². The molecular formula is C65H50N2O2Si. The fourth-order valence-corrected chi connectivity index (χ4v) is 12.6. The van der Waals surface area contributed by atoms with Gasteiger partial charge in [-0.25, -0.2) is 0 Å². The minimum absolute atomic E-state index is 0.823. The van der Waals surface area contributed by atoms with Crippen molar-refractivity contribution in [2.75, 3.05) is 9.80 Å². The highest BCUT2D eigenvalue weighted by Crippen LogP contribution is 2.64. The zero-order valence-electron chi connectivity index (χ0n) is 39.7. The Morgan fingerprint density at radius 3 is 1.43 bits per heavy atom. The molecule has 0 saturated heterocycles. The standard InChI is InChI=1S/C65H50N2O2Si/c1-43-23-21-32-48(39-43)66(46-28-13-7-14-29-46)55-41-54-62(64-59(55)51-35-17-19-37-57(51)69-64)61-53(65(54,44-24-9-5-10-25-44)45-26-11-6-12-27-45)42-56(63-60(61)52-36-18-20-38-58(52)68-63)67(47-30-15-8-16-31-47)49-33-22-34-50(40-49)70(2,3)4/h5-42H,1-4H3. The van der Waals surface area contributed by atoms with Crippen LogP contribution in [0.25, 0.3) is 55.0 Å². The Labute approximate surface area is 409 Å².